The van der Waals surface area contributed by atoms with Crippen LogP contribution in [0.25, 0.3) is 11.3 Å². The molecule has 0 unspecified atom stereocenters. The Kier molecular flexibility index (Phi) is 4.89. The van der Waals surface area contributed by atoms with Gasteiger partial charge in [0.25, 0.3) is 0 Å². The van der Waals surface area contributed by atoms with E-state index in [9.17, 15) is 8.42 Å². The molecular weight excluding hydrogens is 396 g/mol. The number of aliphatic imine (C=N–C) groups is 1. The number of sulfonamides is 1. The molecule has 0 amide bonds. The SMILES string of the molecule is NC1=NCc2ccc(-c3ccc(S(=O)(=O)NCc4ccccc4)cc3Cl)nc21. The van der Waals surface area contributed by atoms with Gasteiger partial charge in [0.05, 0.1) is 22.2 Å². The van der Waals surface area contributed by atoms with Gasteiger partial charge in [-0.05, 0) is 29.8 Å². The van der Waals surface area contributed by atoms with Crippen LogP contribution in [0, 0.1) is 0 Å². The van der Waals surface area contributed by atoms with Crippen molar-refractivity contribution in [2.45, 2.75) is 18.0 Å². The van der Waals surface area contributed by atoms with Gasteiger partial charge in [0, 0.05) is 17.7 Å². The predicted octanol–water partition coefficient (Wildman–Crippen LogP) is 3.10. The van der Waals surface area contributed by atoms with E-state index in [0.717, 1.165) is 11.1 Å². The molecule has 0 fully saturated rings. The van der Waals surface area contributed by atoms with Crippen molar-refractivity contribution in [3.05, 3.63) is 82.5 Å². The lowest BCUT2D eigenvalue weighted by Crippen LogP contribution is -2.23. The Bertz CT molecular complexity index is 1180. The first-order valence-corrected chi connectivity index (χ1v) is 10.4. The first-order chi connectivity index (χ1) is 13.4. The molecule has 0 aliphatic carbocycles. The van der Waals surface area contributed by atoms with Gasteiger partial charge in [-0.15, -0.1) is 0 Å². The molecule has 0 radical (unpaired) electrons. The van der Waals surface area contributed by atoms with Crippen LogP contribution < -0.4 is 10.5 Å². The summed E-state index contributed by atoms with van der Waals surface area (Å²) in [5.74, 6) is 0.400. The summed E-state index contributed by atoms with van der Waals surface area (Å²) in [5.41, 5.74) is 9.59. The second-order valence-corrected chi connectivity index (χ2v) is 8.53. The lowest BCUT2D eigenvalue weighted by molar-refractivity contribution is 0.581. The predicted molar refractivity (Wildman–Crippen MR) is 110 cm³/mol. The van der Waals surface area contributed by atoms with Crippen molar-refractivity contribution in [2.75, 3.05) is 0 Å². The van der Waals surface area contributed by atoms with Gasteiger partial charge >= 0.3 is 0 Å². The zero-order chi connectivity index (χ0) is 19.7. The van der Waals surface area contributed by atoms with Gasteiger partial charge < -0.3 is 5.73 Å². The third kappa shape index (κ3) is 3.64. The molecule has 0 saturated carbocycles. The van der Waals surface area contributed by atoms with Crippen LogP contribution in [-0.4, -0.2) is 19.2 Å². The van der Waals surface area contributed by atoms with E-state index in [2.05, 4.69) is 14.7 Å². The summed E-state index contributed by atoms with van der Waals surface area (Å²) >= 11 is 6.38. The zero-order valence-electron chi connectivity index (χ0n) is 14.8. The van der Waals surface area contributed by atoms with E-state index in [-0.39, 0.29) is 11.4 Å². The van der Waals surface area contributed by atoms with Crippen molar-refractivity contribution < 1.29 is 8.42 Å². The Morgan fingerprint density at radius 2 is 1.86 bits per heavy atom. The number of nitrogens with one attached hydrogen (secondary N) is 1. The summed E-state index contributed by atoms with van der Waals surface area (Å²) in [7, 11) is -3.69. The fourth-order valence-electron chi connectivity index (χ4n) is 2.96. The number of halogens is 1. The van der Waals surface area contributed by atoms with Crippen molar-refractivity contribution in [3.63, 3.8) is 0 Å². The summed E-state index contributed by atoms with van der Waals surface area (Å²) < 4.78 is 27.8. The monoisotopic (exact) mass is 412 g/mol. The molecule has 1 aliphatic heterocycles. The van der Waals surface area contributed by atoms with Crippen molar-refractivity contribution in [1.82, 2.24) is 9.71 Å². The number of fused-ring (bicyclic) bond motifs is 1. The van der Waals surface area contributed by atoms with Crippen LogP contribution in [0.5, 0.6) is 0 Å². The Morgan fingerprint density at radius 3 is 2.61 bits per heavy atom. The quantitative estimate of drug-likeness (QED) is 0.672. The second kappa shape index (κ2) is 7.35. The maximum absolute atomic E-state index is 12.6. The highest BCUT2D eigenvalue weighted by molar-refractivity contribution is 7.89. The highest BCUT2D eigenvalue weighted by Gasteiger charge is 2.19. The van der Waals surface area contributed by atoms with Crippen LogP contribution in [0.3, 0.4) is 0 Å². The van der Waals surface area contributed by atoms with Gasteiger partial charge in [0.2, 0.25) is 10.0 Å². The fraction of sp³-hybridized carbons (Fsp3) is 0.100. The summed E-state index contributed by atoms with van der Waals surface area (Å²) in [6, 6.07) is 17.6. The first-order valence-electron chi connectivity index (χ1n) is 8.58. The van der Waals surface area contributed by atoms with Gasteiger partial charge in [-0.1, -0.05) is 48.0 Å². The number of rotatable bonds is 5. The summed E-state index contributed by atoms with van der Waals surface area (Å²) in [4.78, 5) is 8.79. The van der Waals surface area contributed by atoms with E-state index in [4.69, 9.17) is 17.3 Å². The van der Waals surface area contributed by atoms with E-state index in [1.807, 2.05) is 42.5 Å². The fourth-order valence-corrected chi connectivity index (χ4v) is 4.35. The third-order valence-corrected chi connectivity index (χ3v) is 6.19. The summed E-state index contributed by atoms with van der Waals surface area (Å²) in [6.45, 7) is 0.722. The minimum Gasteiger partial charge on any atom is -0.382 e. The minimum absolute atomic E-state index is 0.0967. The van der Waals surface area contributed by atoms with Crippen LogP contribution >= 0.6 is 11.6 Å². The summed E-state index contributed by atoms with van der Waals surface area (Å²) in [6.07, 6.45) is 0. The molecule has 2 aromatic carbocycles. The first kappa shape index (κ1) is 18.6. The molecule has 2 heterocycles. The molecule has 1 aromatic heterocycles. The van der Waals surface area contributed by atoms with Crippen molar-refractivity contribution >= 4 is 27.5 Å². The number of benzene rings is 2. The molecule has 1 aliphatic rings. The van der Waals surface area contributed by atoms with E-state index in [1.165, 1.54) is 12.1 Å². The zero-order valence-corrected chi connectivity index (χ0v) is 16.3. The lowest BCUT2D eigenvalue weighted by atomic mass is 10.1. The van der Waals surface area contributed by atoms with Crippen molar-refractivity contribution in [3.8, 4) is 11.3 Å². The van der Waals surface area contributed by atoms with Gasteiger partial charge in [0.1, 0.15) is 11.5 Å². The summed E-state index contributed by atoms with van der Waals surface area (Å²) in [5, 5.41) is 0.295. The molecular formula is C20H17ClN4O2S. The number of hydrogen-bond donors (Lipinski definition) is 2. The van der Waals surface area contributed by atoms with Crippen LogP contribution in [0.2, 0.25) is 5.02 Å². The largest absolute Gasteiger partial charge is 0.382 e. The van der Waals surface area contributed by atoms with E-state index in [0.29, 0.717) is 34.4 Å². The standard InChI is InChI=1S/C20H17ClN4O2S/c21-17-10-15(28(26,27)24-11-13-4-2-1-3-5-13)7-8-16(17)18-9-6-14-12-23-20(22)19(14)25-18/h1-10,24H,11-12H2,(H2,22,23). The van der Waals surface area contributed by atoms with Gasteiger partial charge in [-0.25, -0.2) is 18.1 Å². The molecule has 142 valence electrons. The molecule has 8 heteroatoms. The Balaban J connectivity index is 1.59. The molecule has 3 aromatic rings. The van der Waals surface area contributed by atoms with E-state index < -0.39 is 10.0 Å². The number of aromatic nitrogens is 1. The number of nitrogens with zero attached hydrogens (tertiary/aromatic N) is 2. The molecule has 6 nitrogen and oxygen atoms in total. The van der Waals surface area contributed by atoms with Crippen LogP contribution in [0.15, 0.2) is 70.6 Å². The second-order valence-electron chi connectivity index (χ2n) is 6.36. The smallest absolute Gasteiger partial charge is 0.240 e. The molecule has 0 spiro atoms. The Labute approximate surface area is 168 Å². The average molecular weight is 413 g/mol. The highest BCUT2D eigenvalue weighted by atomic mass is 35.5. The molecule has 0 atom stereocenters. The Hall–Kier alpha value is -2.74. The van der Waals surface area contributed by atoms with E-state index >= 15 is 0 Å². The van der Waals surface area contributed by atoms with Crippen molar-refractivity contribution in [2.24, 2.45) is 10.7 Å². The normalized spacial score (nSPS) is 13.2. The van der Waals surface area contributed by atoms with Gasteiger partial charge in [-0.2, -0.15) is 0 Å². The molecule has 4 rings (SSSR count). The Morgan fingerprint density at radius 1 is 1.07 bits per heavy atom. The number of amidine groups is 1. The van der Waals surface area contributed by atoms with Crippen LogP contribution in [-0.2, 0) is 23.1 Å². The highest BCUT2D eigenvalue weighted by Crippen LogP contribution is 2.30. The number of pyridine rings is 1. The topological polar surface area (TPSA) is 97.4 Å². The minimum atomic E-state index is -3.69. The average Bonchev–Trinajstić information content (AvgIpc) is 3.07. The third-order valence-electron chi connectivity index (χ3n) is 4.48. The number of hydrogen-bond acceptors (Lipinski definition) is 5. The lowest BCUT2D eigenvalue weighted by Gasteiger charge is -2.10. The van der Waals surface area contributed by atoms with Crippen molar-refractivity contribution in [1.29, 1.82) is 0 Å². The number of nitrogens with two attached hydrogens (primary N) is 1. The van der Waals surface area contributed by atoms with Gasteiger partial charge in [-0.3, -0.25) is 4.99 Å². The molecule has 0 saturated heterocycles. The van der Waals surface area contributed by atoms with E-state index in [1.54, 1.807) is 6.07 Å². The maximum Gasteiger partial charge on any atom is 0.240 e. The molecule has 28 heavy (non-hydrogen) atoms. The van der Waals surface area contributed by atoms with Crippen LogP contribution in [0.1, 0.15) is 16.8 Å². The van der Waals surface area contributed by atoms with Gasteiger partial charge in [0.15, 0.2) is 0 Å². The maximum atomic E-state index is 12.6. The molecule has 3 N–H and O–H groups in total. The van der Waals surface area contributed by atoms with Crippen LogP contribution in [0.4, 0.5) is 0 Å². The molecule has 0 bridgehead atoms.